The molecule has 4 aromatic rings. The monoisotopic (exact) mass is 534 g/mol. The molecule has 0 fully saturated rings. The second-order valence-electron chi connectivity index (χ2n) is 9.70. The van der Waals surface area contributed by atoms with Crippen LogP contribution in [0.1, 0.15) is 47.5 Å². The number of nitrogens with one attached hydrogen (secondary N) is 1. The number of pyridine rings is 1. The molecule has 4 rings (SSSR count). The zero-order valence-electron chi connectivity index (χ0n) is 23.7. The van der Waals surface area contributed by atoms with Gasteiger partial charge in [0.1, 0.15) is 0 Å². The Kier molecular flexibility index (Phi) is 9.32. The normalized spacial score (nSPS) is 12.3. The van der Waals surface area contributed by atoms with Crippen molar-refractivity contribution in [2.24, 2.45) is 0 Å². The highest BCUT2D eigenvalue weighted by atomic mass is 16.5. The molecule has 10 heteroatoms. The number of aromatic amines is 1. The lowest BCUT2D eigenvalue weighted by atomic mass is 10.0. The molecule has 0 amide bonds. The Labute approximate surface area is 228 Å². The lowest BCUT2D eigenvalue weighted by Crippen LogP contribution is -2.34. The van der Waals surface area contributed by atoms with Crippen LogP contribution >= 0.6 is 0 Å². The first-order valence-electron chi connectivity index (χ1n) is 13.2. The number of fused-ring (bicyclic) bond motifs is 1. The van der Waals surface area contributed by atoms with Crippen LogP contribution in [0.5, 0.6) is 11.5 Å². The summed E-state index contributed by atoms with van der Waals surface area (Å²) in [7, 11) is 4.92. The van der Waals surface area contributed by atoms with E-state index < -0.39 is 0 Å². The Hall–Kier alpha value is -3.76. The van der Waals surface area contributed by atoms with E-state index >= 15 is 0 Å². The number of methoxy groups -OCH3 is 3. The number of nitrogens with zero attached hydrogens (tertiary/aromatic N) is 5. The van der Waals surface area contributed by atoms with Crippen molar-refractivity contribution in [2.75, 3.05) is 34.5 Å². The minimum atomic E-state index is -0.106. The largest absolute Gasteiger partial charge is 0.493 e. The molecule has 0 saturated carbocycles. The van der Waals surface area contributed by atoms with Crippen molar-refractivity contribution in [2.45, 2.75) is 52.7 Å². The Balaban J connectivity index is 1.71. The first-order valence-corrected chi connectivity index (χ1v) is 13.2. The summed E-state index contributed by atoms with van der Waals surface area (Å²) in [6, 6.07) is 12.0. The SMILES string of the molecule is CC[C@@H](c1nnnn1CCOC)N(CCc1ccc(OC)c(OC)c1)Cc1cc2c(C)ccc(C)c2[nH]c1=O. The summed E-state index contributed by atoms with van der Waals surface area (Å²) in [4.78, 5) is 18.7. The van der Waals surface area contributed by atoms with Gasteiger partial charge in [0.15, 0.2) is 17.3 Å². The van der Waals surface area contributed by atoms with Crippen molar-refractivity contribution in [3.8, 4) is 11.5 Å². The predicted molar refractivity (Wildman–Crippen MR) is 150 cm³/mol. The van der Waals surface area contributed by atoms with E-state index in [9.17, 15) is 4.79 Å². The molecule has 0 unspecified atom stereocenters. The van der Waals surface area contributed by atoms with Crippen LogP contribution in [0.4, 0.5) is 0 Å². The molecule has 1 N–H and O–H groups in total. The highest BCUT2D eigenvalue weighted by Crippen LogP contribution is 2.29. The molecule has 0 saturated heterocycles. The number of benzene rings is 2. The molecule has 2 aromatic heterocycles. The first kappa shape index (κ1) is 28.3. The van der Waals surface area contributed by atoms with Gasteiger partial charge >= 0.3 is 0 Å². The van der Waals surface area contributed by atoms with Crippen LogP contribution in [0, 0.1) is 13.8 Å². The number of rotatable bonds is 13. The van der Waals surface area contributed by atoms with Crippen molar-refractivity contribution in [1.29, 1.82) is 0 Å². The molecule has 2 heterocycles. The van der Waals surface area contributed by atoms with E-state index in [2.05, 4.69) is 45.3 Å². The maximum absolute atomic E-state index is 13.3. The van der Waals surface area contributed by atoms with E-state index in [0.717, 1.165) is 46.3 Å². The predicted octanol–water partition coefficient (Wildman–Crippen LogP) is 3.99. The lowest BCUT2D eigenvalue weighted by Gasteiger charge is -2.30. The van der Waals surface area contributed by atoms with Gasteiger partial charge in [0.25, 0.3) is 5.56 Å². The fraction of sp³-hybridized carbons (Fsp3) is 0.448. The summed E-state index contributed by atoms with van der Waals surface area (Å²) in [6.45, 7) is 8.37. The van der Waals surface area contributed by atoms with E-state index in [-0.39, 0.29) is 11.6 Å². The topological polar surface area (TPSA) is 107 Å². The Morgan fingerprint density at radius 2 is 1.79 bits per heavy atom. The molecule has 10 nitrogen and oxygen atoms in total. The van der Waals surface area contributed by atoms with Gasteiger partial charge in [-0.15, -0.1) is 5.10 Å². The number of hydrogen-bond acceptors (Lipinski definition) is 8. The molecule has 0 spiro atoms. The molecule has 0 bridgehead atoms. The Bertz CT molecular complexity index is 1460. The van der Waals surface area contributed by atoms with Gasteiger partial charge in [-0.25, -0.2) is 4.68 Å². The summed E-state index contributed by atoms with van der Waals surface area (Å²) in [6.07, 6.45) is 1.50. The molecular weight excluding hydrogens is 496 g/mol. The standard InChI is InChI=1S/C29H38N6O4/c1-7-24(28-31-32-33-35(28)14-15-37-4)34(13-12-21-10-11-25(38-5)26(16-21)39-6)18-22-17-23-19(2)8-9-20(3)27(23)30-29(22)36/h8-11,16-17,24H,7,12-15,18H2,1-6H3,(H,30,36)/t24-/m0/s1. The zero-order chi connectivity index (χ0) is 27.9. The summed E-state index contributed by atoms with van der Waals surface area (Å²) < 4.78 is 18.0. The molecule has 0 aliphatic heterocycles. The third-order valence-electron chi connectivity index (χ3n) is 7.22. The quantitative estimate of drug-likeness (QED) is 0.274. The second kappa shape index (κ2) is 12.9. The fourth-order valence-electron chi connectivity index (χ4n) is 5.00. The lowest BCUT2D eigenvalue weighted by molar-refractivity contribution is 0.158. The average Bonchev–Trinajstić information content (AvgIpc) is 3.41. The summed E-state index contributed by atoms with van der Waals surface area (Å²) in [5.41, 5.74) is 4.79. The number of ether oxygens (including phenoxy) is 3. The smallest absolute Gasteiger partial charge is 0.252 e. The molecule has 39 heavy (non-hydrogen) atoms. The molecular formula is C29H38N6O4. The molecule has 1 atom stereocenters. The van der Waals surface area contributed by atoms with E-state index in [0.29, 0.717) is 43.3 Å². The third kappa shape index (κ3) is 6.29. The minimum Gasteiger partial charge on any atom is -0.493 e. The van der Waals surface area contributed by atoms with Gasteiger partial charge in [-0.1, -0.05) is 25.1 Å². The van der Waals surface area contributed by atoms with Crippen molar-refractivity contribution in [3.05, 3.63) is 74.8 Å². The fourth-order valence-corrected chi connectivity index (χ4v) is 5.00. The van der Waals surface area contributed by atoms with Crippen LogP contribution in [0.15, 0.2) is 41.2 Å². The van der Waals surface area contributed by atoms with Gasteiger partial charge in [-0.05, 0) is 72.0 Å². The van der Waals surface area contributed by atoms with Gasteiger partial charge in [-0.2, -0.15) is 0 Å². The maximum atomic E-state index is 13.3. The molecule has 0 radical (unpaired) electrons. The van der Waals surface area contributed by atoms with Crippen LogP contribution in [-0.2, 0) is 24.2 Å². The molecule has 0 aliphatic rings. The summed E-state index contributed by atoms with van der Waals surface area (Å²) in [5.74, 6) is 2.13. The van der Waals surface area contributed by atoms with Gasteiger partial charge in [-0.3, -0.25) is 9.69 Å². The summed E-state index contributed by atoms with van der Waals surface area (Å²) in [5, 5.41) is 13.6. The van der Waals surface area contributed by atoms with Crippen molar-refractivity contribution < 1.29 is 14.2 Å². The van der Waals surface area contributed by atoms with E-state index in [1.54, 1.807) is 26.0 Å². The second-order valence-corrected chi connectivity index (χ2v) is 9.70. The Morgan fingerprint density at radius 3 is 2.51 bits per heavy atom. The van der Waals surface area contributed by atoms with Gasteiger partial charge in [0, 0.05) is 31.1 Å². The molecule has 208 valence electrons. The van der Waals surface area contributed by atoms with Crippen LogP contribution in [-0.4, -0.2) is 64.6 Å². The maximum Gasteiger partial charge on any atom is 0.252 e. The van der Waals surface area contributed by atoms with Crippen LogP contribution in [0.25, 0.3) is 10.9 Å². The number of aromatic nitrogens is 5. The highest BCUT2D eigenvalue weighted by molar-refractivity contribution is 5.85. The average molecular weight is 535 g/mol. The van der Waals surface area contributed by atoms with E-state index in [4.69, 9.17) is 14.2 Å². The van der Waals surface area contributed by atoms with Crippen LogP contribution < -0.4 is 15.0 Å². The summed E-state index contributed by atoms with van der Waals surface area (Å²) >= 11 is 0. The number of hydrogen-bond donors (Lipinski definition) is 1. The van der Waals surface area contributed by atoms with Gasteiger partial charge in [0.05, 0.1) is 38.9 Å². The van der Waals surface area contributed by atoms with E-state index in [1.807, 2.05) is 37.3 Å². The van der Waals surface area contributed by atoms with Crippen molar-refractivity contribution >= 4 is 10.9 Å². The number of aryl methyl sites for hydroxylation is 2. The van der Waals surface area contributed by atoms with Gasteiger partial charge in [0.2, 0.25) is 0 Å². The van der Waals surface area contributed by atoms with Gasteiger partial charge < -0.3 is 19.2 Å². The van der Waals surface area contributed by atoms with Crippen molar-refractivity contribution in [3.63, 3.8) is 0 Å². The number of H-pyrrole nitrogens is 1. The molecule has 2 aromatic carbocycles. The van der Waals surface area contributed by atoms with Crippen LogP contribution in [0.2, 0.25) is 0 Å². The highest BCUT2D eigenvalue weighted by Gasteiger charge is 2.26. The van der Waals surface area contributed by atoms with Crippen LogP contribution in [0.3, 0.4) is 0 Å². The van der Waals surface area contributed by atoms with Crippen molar-refractivity contribution in [1.82, 2.24) is 30.1 Å². The Morgan fingerprint density at radius 1 is 1.03 bits per heavy atom. The van der Waals surface area contributed by atoms with E-state index in [1.165, 1.54) is 0 Å². The zero-order valence-corrected chi connectivity index (χ0v) is 23.7. The number of tetrazole rings is 1. The first-order chi connectivity index (χ1) is 18.9. The minimum absolute atomic E-state index is 0.0823. The molecule has 0 aliphatic carbocycles. The third-order valence-corrected chi connectivity index (χ3v) is 7.22.